The molecule has 0 radical (unpaired) electrons. The standard InChI is InChI=1S/C18H12F4N4O/c19-14-3-2-10(6-15(14)27-18(20,21)22)12-7-13(12)11-8-25-17(26-9-11)16-23-4-1-5-24-16/h1-6,8-9,12-13H,7H2/t12-,13-/m0/s1. The zero-order valence-electron chi connectivity index (χ0n) is 13.7. The molecule has 9 heteroatoms. The van der Waals surface area contributed by atoms with Gasteiger partial charge in [-0.2, -0.15) is 0 Å². The molecule has 2 aromatic heterocycles. The van der Waals surface area contributed by atoms with Crippen molar-refractivity contribution in [3.63, 3.8) is 0 Å². The van der Waals surface area contributed by atoms with Crippen molar-refractivity contribution in [3.05, 3.63) is 66.0 Å². The van der Waals surface area contributed by atoms with Crippen LogP contribution < -0.4 is 4.74 Å². The third kappa shape index (κ3) is 3.86. The topological polar surface area (TPSA) is 60.8 Å². The fourth-order valence-corrected chi connectivity index (χ4v) is 2.94. The maximum absolute atomic E-state index is 13.6. The van der Waals surface area contributed by atoms with E-state index >= 15 is 0 Å². The molecule has 138 valence electrons. The summed E-state index contributed by atoms with van der Waals surface area (Å²) in [5, 5.41) is 0. The lowest BCUT2D eigenvalue weighted by Crippen LogP contribution is -2.18. The molecule has 0 spiro atoms. The summed E-state index contributed by atoms with van der Waals surface area (Å²) in [7, 11) is 0. The first-order chi connectivity index (χ1) is 12.9. The Hall–Kier alpha value is -3.10. The summed E-state index contributed by atoms with van der Waals surface area (Å²) in [6, 6.07) is 5.24. The molecule has 0 unspecified atom stereocenters. The fourth-order valence-electron chi connectivity index (χ4n) is 2.94. The lowest BCUT2D eigenvalue weighted by Gasteiger charge is -2.11. The van der Waals surface area contributed by atoms with Gasteiger partial charge in [-0.25, -0.2) is 24.3 Å². The zero-order chi connectivity index (χ0) is 19.0. The van der Waals surface area contributed by atoms with E-state index in [1.165, 1.54) is 6.07 Å². The number of halogens is 4. The molecule has 0 aliphatic heterocycles. The SMILES string of the molecule is Fc1ccc([C@@H]2C[C@H]2c2cnc(-c3ncccn3)nc2)cc1OC(F)(F)F. The van der Waals surface area contributed by atoms with Crippen LogP contribution in [-0.4, -0.2) is 26.3 Å². The first kappa shape index (κ1) is 17.3. The number of nitrogens with zero attached hydrogens (tertiary/aromatic N) is 4. The van der Waals surface area contributed by atoms with Crippen LogP contribution >= 0.6 is 0 Å². The maximum Gasteiger partial charge on any atom is 0.573 e. The van der Waals surface area contributed by atoms with Crippen LogP contribution in [0, 0.1) is 5.82 Å². The van der Waals surface area contributed by atoms with Crippen LogP contribution in [0.4, 0.5) is 17.6 Å². The molecule has 3 aromatic rings. The van der Waals surface area contributed by atoms with Gasteiger partial charge in [0.1, 0.15) is 0 Å². The van der Waals surface area contributed by atoms with Gasteiger partial charge in [0.2, 0.25) is 0 Å². The monoisotopic (exact) mass is 376 g/mol. The molecule has 2 atom stereocenters. The highest BCUT2D eigenvalue weighted by Crippen LogP contribution is 2.55. The molecule has 27 heavy (non-hydrogen) atoms. The van der Waals surface area contributed by atoms with Gasteiger partial charge in [-0.15, -0.1) is 13.2 Å². The molecule has 2 heterocycles. The first-order valence-electron chi connectivity index (χ1n) is 8.05. The second-order valence-electron chi connectivity index (χ2n) is 6.10. The van der Waals surface area contributed by atoms with Gasteiger partial charge >= 0.3 is 6.36 Å². The molecule has 1 aliphatic carbocycles. The van der Waals surface area contributed by atoms with E-state index in [-0.39, 0.29) is 11.8 Å². The third-order valence-electron chi connectivity index (χ3n) is 4.27. The van der Waals surface area contributed by atoms with E-state index in [0.717, 1.165) is 17.7 Å². The van der Waals surface area contributed by atoms with E-state index in [0.29, 0.717) is 23.6 Å². The second kappa shape index (κ2) is 6.57. The normalized spacial score (nSPS) is 19.0. The number of aromatic nitrogens is 4. The van der Waals surface area contributed by atoms with Crippen molar-refractivity contribution in [2.75, 3.05) is 0 Å². The second-order valence-corrected chi connectivity index (χ2v) is 6.10. The van der Waals surface area contributed by atoms with Gasteiger partial charge in [0, 0.05) is 24.8 Å². The van der Waals surface area contributed by atoms with E-state index < -0.39 is 17.9 Å². The summed E-state index contributed by atoms with van der Waals surface area (Å²) in [4.78, 5) is 16.6. The minimum Gasteiger partial charge on any atom is -0.403 e. The quantitative estimate of drug-likeness (QED) is 0.638. The van der Waals surface area contributed by atoms with Crippen molar-refractivity contribution in [3.8, 4) is 17.4 Å². The number of hydrogen-bond donors (Lipinski definition) is 0. The molecule has 0 amide bonds. The predicted molar refractivity (Wildman–Crippen MR) is 86.2 cm³/mol. The maximum atomic E-state index is 13.6. The van der Waals surface area contributed by atoms with Crippen molar-refractivity contribution in [2.45, 2.75) is 24.6 Å². The summed E-state index contributed by atoms with van der Waals surface area (Å²) >= 11 is 0. The molecule has 1 aliphatic rings. The molecule has 0 N–H and O–H groups in total. The van der Waals surface area contributed by atoms with Crippen LogP contribution in [0.5, 0.6) is 5.75 Å². The minimum absolute atomic E-state index is 0.0383. The van der Waals surface area contributed by atoms with Gasteiger partial charge in [0.15, 0.2) is 23.2 Å². The average Bonchev–Trinajstić information content (AvgIpc) is 3.44. The van der Waals surface area contributed by atoms with E-state index in [1.54, 1.807) is 30.9 Å². The fraction of sp³-hybridized carbons (Fsp3) is 0.222. The average molecular weight is 376 g/mol. The van der Waals surface area contributed by atoms with Crippen LogP contribution in [0.25, 0.3) is 11.6 Å². The molecule has 1 saturated carbocycles. The number of rotatable bonds is 4. The first-order valence-corrected chi connectivity index (χ1v) is 8.05. The smallest absolute Gasteiger partial charge is 0.403 e. The van der Waals surface area contributed by atoms with E-state index in [9.17, 15) is 17.6 Å². The number of benzene rings is 1. The minimum atomic E-state index is -4.94. The van der Waals surface area contributed by atoms with Crippen LogP contribution in [0.1, 0.15) is 29.4 Å². The summed E-state index contributed by atoms with van der Waals surface area (Å²) < 4.78 is 54.4. The van der Waals surface area contributed by atoms with E-state index in [2.05, 4.69) is 24.7 Å². The molecule has 1 aromatic carbocycles. The summed E-state index contributed by atoms with van der Waals surface area (Å²) in [5.41, 5.74) is 1.43. The molecule has 1 fully saturated rings. The molecule has 0 bridgehead atoms. The van der Waals surface area contributed by atoms with Crippen molar-refractivity contribution in [2.24, 2.45) is 0 Å². The molecule has 0 saturated heterocycles. The van der Waals surface area contributed by atoms with Crippen LogP contribution in [-0.2, 0) is 0 Å². The Balaban J connectivity index is 1.50. The highest BCUT2D eigenvalue weighted by molar-refractivity contribution is 5.44. The van der Waals surface area contributed by atoms with Gasteiger partial charge in [-0.1, -0.05) is 6.07 Å². The Morgan fingerprint density at radius 1 is 0.889 bits per heavy atom. The van der Waals surface area contributed by atoms with Gasteiger partial charge < -0.3 is 4.74 Å². The third-order valence-corrected chi connectivity index (χ3v) is 4.27. The van der Waals surface area contributed by atoms with Crippen molar-refractivity contribution in [1.29, 1.82) is 0 Å². The number of alkyl halides is 3. The summed E-state index contributed by atoms with van der Waals surface area (Å²) in [6.45, 7) is 0. The van der Waals surface area contributed by atoms with Gasteiger partial charge in [-0.3, -0.25) is 0 Å². The molecular formula is C18H12F4N4O. The van der Waals surface area contributed by atoms with Gasteiger partial charge in [-0.05, 0) is 47.6 Å². The van der Waals surface area contributed by atoms with Crippen LogP contribution in [0.15, 0.2) is 49.1 Å². The molecular weight excluding hydrogens is 364 g/mol. The van der Waals surface area contributed by atoms with Crippen molar-refractivity contribution >= 4 is 0 Å². The Bertz CT molecular complexity index is 948. The summed E-state index contributed by atoms with van der Waals surface area (Å²) in [6.07, 6.45) is 2.25. The number of ether oxygens (including phenoxy) is 1. The van der Waals surface area contributed by atoms with Gasteiger partial charge in [0.05, 0.1) is 0 Å². The Labute approximate surface area is 151 Å². The number of hydrogen-bond acceptors (Lipinski definition) is 5. The Morgan fingerprint density at radius 3 is 2.19 bits per heavy atom. The highest BCUT2D eigenvalue weighted by Gasteiger charge is 2.41. The highest BCUT2D eigenvalue weighted by atomic mass is 19.4. The molecule has 4 rings (SSSR count). The van der Waals surface area contributed by atoms with E-state index in [4.69, 9.17) is 0 Å². The lowest BCUT2D eigenvalue weighted by molar-refractivity contribution is -0.275. The molecule has 5 nitrogen and oxygen atoms in total. The van der Waals surface area contributed by atoms with Crippen molar-refractivity contribution in [1.82, 2.24) is 19.9 Å². The Morgan fingerprint density at radius 2 is 1.52 bits per heavy atom. The van der Waals surface area contributed by atoms with Crippen LogP contribution in [0.3, 0.4) is 0 Å². The predicted octanol–water partition coefficient (Wildman–Crippen LogP) is 4.24. The van der Waals surface area contributed by atoms with Crippen molar-refractivity contribution < 1.29 is 22.3 Å². The largest absolute Gasteiger partial charge is 0.573 e. The lowest BCUT2D eigenvalue weighted by atomic mass is 10.1. The van der Waals surface area contributed by atoms with Crippen LogP contribution in [0.2, 0.25) is 0 Å². The van der Waals surface area contributed by atoms with Gasteiger partial charge in [0.25, 0.3) is 0 Å². The zero-order valence-corrected chi connectivity index (χ0v) is 13.7. The Kier molecular flexibility index (Phi) is 4.21. The van der Waals surface area contributed by atoms with E-state index in [1.807, 2.05) is 0 Å². The summed E-state index contributed by atoms with van der Waals surface area (Å²) in [5.74, 6) is -1.06.